The summed E-state index contributed by atoms with van der Waals surface area (Å²) in [6, 6.07) is 49.4. The number of pyridine rings is 1. The van der Waals surface area contributed by atoms with Crippen molar-refractivity contribution in [3.05, 3.63) is 140 Å². The molecule has 0 aliphatic carbocycles. The molecule has 0 fully saturated rings. The summed E-state index contributed by atoms with van der Waals surface area (Å²) in [7, 11) is 0. The first-order valence-electron chi connectivity index (χ1n) is 12.9. The van der Waals surface area contributed by atoms with Gasteiger partial charge in [-0.15, -0.1) is 0 Å². The van der Waals surface area contributed by atoms with Crippen LogP contribution in [0.3, 0.4) is 0 Å². The minimum Gasteiger partial charge on any atom is -0.294 e. The molecule has 0 atom stereocenters. The Labute approximate surface area is 219 Å². The normalized spacial score (nSPS) is 11.7. The van der Waals surface area contributed by atoms with Gasteiger partial charge in [0.15, 0.2) is 0 Å². The molecule has 0 N–H and O–H groups in total. The van der Waals surface area contributed by atoms with Gasteiger partial charge in [0, 0.05) is 32.9 Å². The quantitative estimate of drug-likeness (QED) is 0.245. The molecule has 8 rings (SSSR count). The molecule has 0 amide bonds. The van der Waals surface area contributed by atoms with E-state index in [0.717, 1.165) is 44.5 Å². The number of para-hydroxylation sites is 3. The highest BCUT2D eigenvalue weighted by molar-refractivity contribution is 6.16. The second-order valence-electron chi connectivity index (χ2n) is 9.69. The monoisotopic (exact) mass is 485 g/mol. The van der Waals surface area contributed by atoms with Crippen molar-refractivity contribution in [3.8, 4) is 22.5 Å². The number of rotatable bonds is 3. The summed E-state index contributed by atoms with van der Waals surface area (Å²) in [5, 5.41) is 4.74. The Hall–Kier alpha value is -5.15. The molecule has 0 unspecified atom stereocenters. The lowest BCUT2D eigenvalue weighted by Gasteiger charge is -2.11. The Morgan fingerprint density at radius 1 is 0.368 bits per heavy atom. The zero-order valence-electron chi connectivity index (χ0n) is 20.6. The van der Waals surface area contributed by atoms with Gasteiger partial charge in [-0.25, -0.2) is 4.98 Å². The Morgan fingerprint density at radius 2 is 0.868 bits per heavy atom. The number of hydrogen-bond acceptors (Lipinski definition) is 1. The van der Waals surface area contributed by atoms with E-state index in [0.29, 0.717) is 0 Å². The molecule has 0 radical (unpaired) electrons. The van der Waals surface area contributed by atoms with Crippen LogP contribution in [0.15, 0.2) is 140 Å². The molecule has 5 aromatic carbocycles. The maximum absolute atomic E-state index is 5.43. The zero-order chi connectivity index (χ0) is 25.1. The van der Waals surface area contributed by atoms with Gasteiger partial charge >= 0.3 is 0 Å². The third-order valence-corrected chi connectivity index (χ3v) is 7.50. The fourth-order valence-corrected chi connectivity index (χ4v) is 5.81. The summed E-state index contributed by atoms with van der Waals surface area (Å²) in [6.07, 6.45) is 0. The average molecular weight is 486 g/mol. The fourth-order valence-electron chi connectivity index (χ4n) is 5.81. The Kier molecular flexibility index (Phi) is 4.52. The predicted octanol–water partition coefficient (Wildman–Crippen LogP) is 8.94. The Morgan fingerprint density at radius 3 is 1.53 bits per heavy atom. The van der Waals surface area contributed by atoms with Crippen molar-refractivity contribution in [2.45, 2.75) is 0 Å². The molecule has 8 aromatic rings. The van der Waals surface area contributed by atoms with Crippen LogP contribution in [0.1, 0.15) is 0 Å². The van der Waals surface area contributed by atoms with Gasteiger partial charge in [-0.3, -0.25) is 9.13 Å². The standard InChI is InChI=1S/C35H23N3/c1-3-12-24(13-4-1)25-14-11-17-27(22-25)38-33-21-10-8-19-29(33)31-23-30-28-18-7-9-20-32(28)37(34(30)36-35(31)38)26-15-5-2-6-16-26/h1-23H. The third-order valence-electron chi connectivity index (χ3n) is 7.50. The van der Waals surface area contributed by atoms with E-state index in [1.165, 1.54) is 21.9 Å². The van der Waals surface area contributed by atoms with Gasteiger partial charge in [-0.1, -0.05) is 97.1 Å². The van der Waals surface area contributed by atoms with Crippen LogP contribution in [0.2, 0.25) is 0 Å². The summed E-state index contributed by atoms with van der Waals surface area (Å²) >= 11 is 0. The third kappa shape index (κ3) is 3.06. The molecule has 38 heavy (non-hydrogen) atoms. The molecule has 0 saturated carbocycles. The van der Waals surface area contributed by atoms with Crippen molar-refractivity contribution >= 4 is 43.9 Å². The van der Waals surface area contributed by atoms with Crippen LogP contribution >= 0.6 is 0 Å². The minimum absolute atomic E-state index is 0.962. The van der Waals surface area contributed by atoms with Crippen molar-refractivity contribution in [1.82, 2.24) is 14.1 Å². The van der Waals surface area contributed by atoms with Crippen LogP contribution in [-0.2, 0) is 0 Å². The van der Waals surface area contributed by atoms with Crippen molar-refractivity contribution in [2.75, 3.05) is 0 Å². The molecule has 0 saturated heterocycles. The van der Waals surface area contributed by atoms with E-state index in [1.807, 2.05) is 0 Å². The molecule has 0 aliphatic rings. The summed E-state index contributed by atoms with van der Waals surface area (Å²) < 4.78 is 4.59. The highest BCUT2D eigenvalue weighted by Gasteiger charge is 2.19. The summed E-state index contributed by atoms with van der Waals surface area (Å²) in [6.45, 7) is 0. The second kappa shape index (κ2) is 8.19. The summed E-state index contributed by atoms with van der Waals surface area (Å²) in [4.78, 5) is 5.43. The minimum atomic E-state index is 0.962. The summed E-state index contributed by atoms with van der Waals surface area (Å²) in [5.74, 6) is 0. The van der Waals surface area contributed by atoms with Crippen LogP contribution in [0.4, 0.5) is 0 Å². The van der Waals surface area contributed by atoms with Gasteiger partial charge in [-0.05, 0) is 53.6 Å². The number of nitrogens with zero attached hydrogens (tertiary/aromatic N) is 3. The van der Waals surface area contributed by atoms with Gasteiger partial charge in [-0.2, -0.15) is 0 Å². The SMILES string of the molecule is c1ccc(-c2cccc(-n3c4ccccc4c4cc5c6ccccc6n(-c6ccccc6)c5nc43)c2)cc1. The lowest BCUT2D eigenvalue weighted by atomic mass is 10.1. The van der Waals surface area contributed by atoms with Gasteiger partial charge in [0.2, 0.25) is 0 Å². The van der Waals surface area contributed by atoms with Crippen LogP contribution in [0.5, 0.6) is 0 Å². The van der Waals surface area contributed by atoms with E-state index in [1.54, 1.807) is 0 Å². The van der Waals surface area contributed by atoms with E-state index < -0.39 is 0 Å². The summed E-state index contributed by atoms with van der Waals surface area (Å²) in [5.41, 5.74) is 8.85. The van der Waals surface area contributed by atoms with E-state index in [9.17, 15) is 0 Å². The van der Waals surface area contributed by atoms with Crippen LogP contribution in [0, 0.1) is 0 Å². The second-order valence-corrected chi connectivity index (χ2v) is 9.69. The average Bonchev–Trinajstić information content (AvgIpc) is 3.49. The number of benzene rings is 5. The smallest absolute Gasteiger partial charge is 0.148 e. The zero-order valence-corrected chi connectivity index (χ0v) is 20.6. The van der Waals surface area contributed by atoms with Gasteiger partial charge in [0.05, 0.1) is 11.0 Å². The van der Waals surface area contributed by atoms with Crippen molar-refractivity contribution in [2.24, 2.45) is 0 Å². The molecule has 3 nitrogen and oxygen atoms in total. The first kappa shape index (κ1) is 21.0. The number of hydrogen-bond donors (Lipinski definition) is 0. The molecule has 178 valence electrons. The van der Waals surface area contributed by atoms with Gasteiger partial charge in [0.25, 0.3) is 0 Å². The topological polar surface area (TPSA) is 22.8 Å². The molecule has 0 aliphatic heterocycles. The molecule has 0 bridgehead atoms. The van der Waals surface area contributed by atoms with Crippen LogP contribution < -0.4 is 0 Å². The Balaban J connectivity index is 1.50. The van der Waals surface area contributed by atoms with Gasteiger partial charge < -0.3 is 0 Å². The van der Waals surface area contributed by atoms with Crippen molar-refractivity contribution < 1.29 is 0 Å². The predicted molar refractivity (Wildman–Crippen MR) is 158 cm³/mol. The van der Waals surface area contributed by atoms with Crippen LogP contribution in [0.25, 0.3) is 66.4 Å². The largest absolute Gasteiger partial charge is 0.294 e. The molecule has 0 spiro atoms. The maximum atomic E-state index is 5.43. The highest BCUT2D eigenvalue weighted by Crippen LogP contribution is 2.38. The Bertz CT molecular complexity index is 2120. The highest BCUT2D eigenvalue weighted by atomic mass is 15.1. The maximum Gasteiger partial charge on any atom is 0.148 e. The first-order chi connectivity index (χ1) is 18.9. The molecule has 3 heteroatoms. The fraction of sp³-hybridized carbons (Fsp3) is 0. The van der Waals surface area contributed by atoms with Crippen molar-refractivity contribution in [1.29, 1.82) is 0 Å². The number of fused-ring (bicyclic) bond motifs is 6. The molecular formula is C35H23N3. The first-order valence-corrected chi connectivity index (χ1v) is 12.9. The van der Waals surface area contributed by atoms with E-state index in [-0.39, 0.29) is 0 Å². The van der Waals surface area contributed by atoms with E-state index in [4.69, 9.17) is 4.98 Å². The van der Waals surface area contributed by atoms with Crippen LogP contribution in [-0.4, -0.2) is 14.1 Å². The molecule has 3 heterocycles. The van der Waals surface area contributed by atoms with E-state index in [2.05, 4.69) is 149 Å². The number of aromatic nitrogens is 3. The lowest BCUT2D eigenvalue weighted by molar-refractivity contribution is 1.11. The molecular weight excluding hydrogens is 462 g/mol. The van der Waals surface area contributed by atoms with Crippen molar-refractivity contribution in [3.63, 3.8) is 0 Å². The van der Waals surface area contributed by atoms with Gasteiger partial charge in [0.1, 0.15) is 11.3 Å². The molecule has 3 aromatic heterocycles. The van der Waals surface area contributed by atoms with E-state index >= 15 is 0 Å². The lowest BCUT2D eigenvalue weighted by Crippen LogP contribution is -1.99.